The van der Waals surface area contributed by atoms with E-state index in [9.17, 15) is 28.8 Å². The maximum Gasteiger partial charge on any atom is 0.407 e. The minimum Gasteiger partial charge on any atom is -0.463 e. The Morgan fingerprint density at radius 3 is 2.17 bits per heavy atom. The number of carbonyl (C=O) groups is 5. The van der Waals surface area contributed by atoms with E-state index in [4.69, 9.17) is 18.9 Å². The maximum atomic E-state index is 12.8. The van der Waals surface area contributed by atoms with Crippen molar-refractivity contribution < 1.29 is 47.7 Å². The van der Waals surface area contributed by atoms with Crippen LogP contribution < -0.4 is 16.3 Å². The van der Waals surface area contributed by atoms with Crippen molar-refractivity contribution in [1.82, 2.24) is 14.9 Å². The summed E-state index contributed by atoms with van der Waals surface area (Å²) in [5, 5.41) is 4.77. The molecule has 15 nitrogen and oxygen atoms in total. The largest absolute Gasteiger partial charge is 0.463 e. The summed E-state index contributed by atoms with van der Waals surface area (Å²) in [5.41, 5.74) is -0.906. The first-order chi connectivity index (χ1) is 16.4. The lowest BCUT2D eigenvalue weighted by molar-refractivity contribution is -0.237. The Bertz CT molecular complexity index is 1040. The van der Waals surface area contributed by atoms with E-state index in [1.54, 1.807) is 0 Å². The zero-order valence-electron chi connectivity index (χ0n) is 19.6. The van der Waals surface area contributed by atoms with Gasteiger partial charge in [-0.2, -0.15) is 4.98 Å². The Morgan fingerprint density at radius 1 is 1.03 bits per heavy atom. The van der Waals surface area contributed by atoms with E-state index in [-0.39, 0.29) is 5.82 Å². The van der Waals surface area contributed by atoms with E-state index in [2.05, 4.69) is 20.4 Å². The molecule has 2 N–H and O–H groups in total. The molecule has 1 aliphatic heterocycles. The fourth-order valence-corrected chi connectivity index (χ4v) is 3.36. The number of nitrogens with one attached hydrogen (secondary N) is 2. The SMILES string of the molecule is COC(=O)NC1C(OC(C)=O)C(OC(C)=O)C(COC(C)=O)OC1n1ccc(NC(C)=O)nc1=O. The topological polar surface area (TPSA) is 190 Å². The second kappa shape index (κ2) is 11.9. The number of ether oxygens (including phenoxy) is 5. The summed E-state index contributed by atoms with van der Waals surface area (Å²) in [6.07, 6.45) is -5.14. The first-order valence-corrected chi connectivity index (χ1v) is 10.3. The Kier molecular flexibility index (Phi) is 9.27. The molecular weight excluding hydrogens is 472 g/mol. The van der Waals surface area contributed by atoms with E-state index >= 15 is 0 Å². The van der Waals surface area contributed by atoms with Crippen molar-refractivity contribution in [1.29, 1.82) is 0 Å². The molecule has 0 bridgehead atoms. The number of alkyl carbamates (subject to hydrolysis) is 1. The quantitative estimate of drug-likeness (QED) is 0.354. The molecular formula is C20H26N4O11. The van der Waals surface area contributed by atoms with Gasteiger partial charge in [0.1, 0.15) is 24.6 Å². The highest BCUT2D eigenvalue weighted by molar-refractivity contribution is 5.87. The van der Waals surface area contributed by atoms with E-state index < -0.39 is 72.8 Å². The molecule has 1 aromatic rings. The van der Waals surface area contributed by atoms with E-state index in [0.717, 1.165) is 32.4 Å². The minimum atomic E-state index is -1.41. The van der Waals surface area contributed by atoms with Crippen LogP contribution in [0, 0.1) is 0 Å². The monoisotopic (exact) mass is 498 g/mol. The number of aromatic nitrogens is 2. The first-order valence-electron chi connectivity index (χ1n) is 10.3. The summed E-state index contributed by atoms with van der Waals surface area (Å²) < 4.78 is 27.2. The number of methoxy groups -OCH3 is 1. The van der Waals surface area contributed by atoms with Crippen LogP contribution in [0.1, 0.15) is 33.9 Å². The summed E-state index contributed by atoms with van der Waals surface area (Å²) in [4.78, 5) is 75.1. The molecule has 192 valence electrons. The number of hydrogen-bond acceptors (Lipinski definition) is 12. The molecule has 2 amide bonds. The average Bonchev–Trinajstić information content (AvgIpc) is 2.74. The number of esters is 3. The van der Waals surface area contributed by atoms with Gasteiger partial charge >= 0.3 is 29.7 Å². The standard InChI is InChI=1S/C20H26N4O11/c1-9(25)21-14-6-7-24(19(29)22-14)18-15(23-20(30)31-5)17(34-12(4)28)16(33-11(3)27)13(35-18)8-32-10(2)26/h6-7,13,15-18H,8H2,1-5H3,(H,23,30)(H,21,22,25,29). The number of anilines is 1. The van der Waals surface area contributed by atoms with E-state index in [1.807, 2.05) is 0 Å². The van der Waals surface area contributed by atoms with Crippen LogP contribution in [-0.4, -0.2) is 77.5 Å². The van der Waals surface area contributed by atoms with Gasteiger partial charge in [0.2, 0.25) is 5.91 Å². The molecule has 0 spiro atoms. The Hall–Kier alpha value is -4.01. The van der Waals surface area contributed by atoms with E-state index in [0.29, 0.717) is 0 Å². The van der Waals surface area contributed by atoms with Gasteiger partial charge in [0, 0.05) is 33.9 Å². The van der Waals surface area contributed by atoms with Gasteiger partial charge in [-0.05, 0) is 6.07 Å². The van der Waals surface area contributed by atoms with E-state index in [1.165, 1.54) is 19.2 Å². The fraction of sp³-hybridized carbons (Fsp3) is 0.550. The van der Waals surface area contributed by atoms with Gasteiger partial charge in [0.25, 0.3) is 0 Å². The number of rotatable bonds is 7. The van der Waals surface area contributed by atoms with Crippen molar-refractivity contribution in [2.24, 2.45) is 0 Å². The zero-order valence-corrected chi connectivity index (χ0v) is 19.6. The molecule has 0 saturated carbocycles. The molecule has 0 aliphatic carbocycles. The van der Waals surface area contributed by atoms with Gasteiger partial charge in [-0.3, -0.25) is 23.7 Å². The van der Waals surface area contributed by atoms with Gasteiger partial charge in [0.05, 0.1) is 7.11 Å². The second-order valence-corrected chi connectivity index (χ2v) is 7.36. The summed E-state index contributed by atoms with van der Waals surface area (Å²) in [6, 6.07) is -0.0445. The molecule has 2 heterocycles. The zero-order chi connectivity index (χ0) is 26.3. The molecule has 35 heavy (non-hydrogen) atoms. The molecule has 1 aliphatic rings. The smallest absolute Gasteiger partial charge is 0.407 e. The van der Waals surface area contributed by atoms with Crippen LogP contribution in [-0.2, 0) is 42.9 Å². The number of nitrogens with zero attached hydrogens (tertiary/aromatic N) is 2. The minimum absolute atomic E-state index is 0.0437. The molecule has 5 atom stereocenters. The van der Waals surface area contributed by atoms with Crippen LogP contribution in [0.25, 0.3) is 0 Å². The van der Waals surface area contributed by atoms with Gasteiger partial charge in [0.15, 0.2) is 18.4 Å². The van der Waals surface area contributed by atoms with Crippen LogP contribution in [0.4, 0.5) is 10.6 Å². The van der Waals surface area contributed by atoms with Crippen LogP contribution >= 0.6 is 0 Å². The van der Waals surface area contributed by atoms with Crippen molar-refractivity contribution in [3.05, 3.63) is 22.7 Å². The van der Waals surface area contributed by atoms with Crippen molar-refractivity contribution in [2.75, 3.05) is 19.0 Å². The fourth-order valence-electron chi connectivity index (χ4n) is 3.36. The number of amides is 2. The van der Waals surface area contributed by atoms with Crippen LogP contribution in [0.3, 0.4) is 0 Å². The summed E-state index contributed by atoms with van der Waals surface area (Å²) in [7, 11) is 1.08. The Labute approximate surface area is 199 Å². The van der Waals surface area contributed by atoms with Gasteiger partial charge in [-0.1, -0.05) is 0 Å². The van der Waals surface area contributed by atoms with Crippen LogP contribution in [0.15, 0.2) is 17.1 Å². The third-order valence-corrected chi connectivity index (χ3v) is 4.60. The summed E-state index contributed by atoms with van der Waals surface area (Å²) in [6.45, 7) is 4.10. The average molecular weight is 498 g/mol. The predicted octanol–water partition coefficient (Wildman–Crippen LogP) is -0.750. The highest BCUT2D eigenvalue weighted by Crippen LogP contribution is 2.32. The molecule has 5 unspecified atom stereocenters. The molecule has 2 rings (SSSR count). The number of hydrogen-bond donors (Lipinski definition) is 2. The van der Waals surface area contributed by atoms with Crippen LogP contribution in [0.2, 0.25) is 0 Å². The van der Waals surface area contributed by atoms with Gasteiger partial charge in [-0.25, -0.2) is 9.59 Å². The third-order valence-electron chi connectivity index (χ3n) is 4.60. The molecule has 0 aromatic carbocycles. The normalized spacial score (nSPS) is 23.4. The lowest BCUT2D eigenvalue weighted by Crippen LogP contribution is -2.65. The highest BCUT2D eigenvalue weighted by atomic mass is 16.6. The second-order valence-electron chi connectivity index (χ2n) is 7.36. The van der Waals surface area contributed by atoms with Crippen molar-refractivity contribution in [3.63, 3.8) is 0 Å². The summed E-state index contributed by atoms with van der Waals surface area (Å²) in [5.74, 6) is -2.77. The van der Waals surface area contributed by atoms with Crippen molar-refractivity contribution in [2.45, 2.75) is 58.3 Å². The highest BCUT2D eigenvalue weighted by Gasteiger charge is 2.52. The predicted molar refractivity (Wildman–Crippen MR) is 114 cm³/mol. The van der Waals surface area contributed by atoms with Gasteiger partial charge in [-0.15, -0.1) is 0 Å². The lowest BCUT2D eigenvalue weighted by atomic mass is 9.95. The maximum absolute atomic E-state index is 12.8. The molecule has 1 saturated heterocycles. The summed E-state index contributed by atoms with van der Waals surface area (Å²) >= 11 is 0. The molecule has 0 radical (unpaired) electrons. The first kappa shape index (κ1) is 27.2. The Balaban J connectivity index is 2.61. The molecule has 1 aromatic heterocycles. The van der Waals surface area contributed by atoms with Crippen molar-refractivity contribution in [3.8, 4) is 0 Å². The van der Waals surface area contributed by atoms with Crippen molar-refractivity contribution >= 4 is 35.7 Å². The lowest BCUT2D eigenvalue weighted by Gasteiger charge is -2.45. The van der Waals surface area contributed by atoms with Gasteiger partial charge < -0.3 is 34.3 Å². The van der Waals surface area contributed by atoms with Crippen LogP contribution in [0.5, 0.6) is 0 Å². The molecule has 1 fully saturated rings. The molecule has 15 heteroatoms. The Morgan fingerprint density at radius 2 is 1.66 bits per heavy atom. The number of carbonyl (C=O) groups excluding carboxylic acids is 5. The third kappa shape index (κ3) is 7.49.